The fourth-order valence-corrected chi connectivity index (χ4v) is 4.65. The minimum Gasteiger partial charge on any atom is -0.465 e. The molecular formula is C15H19BrN2O4S. The number of aryl methyl sites for hydroxylation is 1. The molecule has 0 aliphatic heterocycles. The summed E-state index contributed by atoms with van der Waals surface area (Å²) in [5.74, 6) is -0.541. The molecule has 0 saturated carbocycles. The number of carbonyl (C=O) groups is 1. The molecular weight excluding hydrogens is 384 g/mol. The number of methoxy groups -OCH3 is 1. The zero-order chi connectivity index (χ0) is 17.3. The molecule has 0 fully saturated rings. The van der Waals surface area contributed by atoms with Crippen molar-refractivity contribution in [3.8, 4) is 0 Å². The van der Waals surface area contributed by atoms with Crippen LogP contribution in [0.5, 0.6) is 0 Å². The van der Waals surface area contributed by atoms with Gasteiger partial charge in [-0.05, 0) is 27.2 Å². The number of carbonyl (C=O) groups excluding carboxylic acids is 1. The van der Waals surface area contributed by atoms with Crippen molar-refractivity contribution in [2.24, 2.45) is 0 Å². The molecule has 126 valence electrons. The van der Waals surface area contributed by atoms with Gasteiger partial charge in [0.15, 0.2) is 0 Å². The van der Waals surface area contributed by atoms with E-state index in [-0.39, 0.29) is 29.2 Å². The number of hydrogen-bond acceptors (Lipinski definition) is 5. The Hall–Kier alpha value is -1.41. The highest BCUT2D eigenvalue weighted by atomic mass is 79.9. The average molecular weight is 403 g/mol. The number of esters is 1. The highest BCUT2D eigenvalue weighted by Crippen LogP contribution is 2.31. The van der Waals surface area contributed by atoms with Crippen LogP contribution in [0.2, 0.25) is 0 Å². The molecule has 0 atom stereocenters. The Labute approximate surface area is 145 Å². The van der Waals surface area contributed by atoms with E-state index in [4.69, 9.17) is 4.74 Å². The van der Waals surface area contributed by atoms with Gasteiger partial charge in [-0.2, -0.15) is 0 Å². The molecule has 8 heteroatoms. The van der Waals surface area contributed by atoms with E-state index >= 15 is 0 Å². The predicted molar refractivity (Wildman–Crippen MR) is 95.2 cm³/mol. The molecule has 6 nitrogen and oxygen atoms in total. The van der Waals surface area contributed by atoms with E-state index < -0.39 is 11.5 Å². The SMILES string of the molecule is CCn1c(=O)c2c(C(=O)OC)c(CCBr)sc2n(C(C)C)c1=O. The van der Waals surface area contributed by atoms with Crippen LogP contribution in [-0.4, -0.2) is 27.5 Å². The van der Waals surface area contributed by atoms with Crippen LogP contribution >= 0.6 is 27.3 Å². The van der Waals surface area contributed by atoms with E-state index in [9.17, 15) is 14.4 Å². The van der Waals surface area contributed by atoms with Crippen LogP contribution in [0.1, 0.15) is 42.0 Å². The Morgan fingerprint density at radius 2 is 2.00 bits per heavy atom. The molecule has 2 aromatic heterocycles. The molecule has 2 rings (SSSR count). The third kappa shape index (κ3) is 2.89. The van der Waals surface area contributed by atoms with E-state index in [0.29, 0.717) is 16.6 Å². The monoisotopic (exact) mass is 402 g/mol. The van der Waals surface area contributed by atoms with Crippen LogP contribution in [-0.2, 0) is 17.7 Å². The van der Waals surface area contributed by atoms with Crippen molar-refractivity contribution in [1.29, 1.82) is 0 Å². The second-order valence-electron chi connectivity index (χ2n) is 5.31. The summed E-state index contributed by atoms with van der Waals surface area (Å²) in [6.45, 7) is 5.76. The molecule has 0 aliphatic carbocycles. The summed E-state index contributed by atoms with van der Waals surface area (Å²) in [6.07, 6.45) is 0.585. The van der Waals surface area contributed by atoms with Gasteiger partial charge in [0.25, 0.3) is 5.56 Å². The smallest absolute Gasteiger partial charge is 0.339 e. The van der Waals surface area contributed by atoms with Crippen LogP contribution in [0.4, 0.5) is 0 Å². The molecule has 0 spiro atoms. The van der Waals surface area contributed by atoms with Crippen LogP contribution in [0, 0.1) is 0 Å². The summed E-state index contributed by atoms with van der Waals surface area (Å²) in [5.41, 5.74) is -0.488. The molecule has 0 N–H and O–H groups in total. The van der Waals surface area contributed by atoms with Crippen LogP contribution in [0.15, 0.2) is 9.59 Å². The lowest BCUT2D eigenvalue weighted by Crippen LogP contribution is -2.40. The van der Waals surface area contributed by atoms with Gasteiger partial charge in [0, 0.05) is 22.8 Å². The van der Waals surface area contributed by atoms with Gasteiger partial charge < -0.3 is 4.74 Å². The minimum atomic E-state index is -0.541. The molecule has 0 aromatic carbocycles. The Bertz CT molecular complexity index is 863. The Morgan fingerprint density at radius 3 is 2.48 bits per heavy atom. The number of thiophene rings is 1. The van der Waals surface area contributed by atoms with Crippen molar-refractivity contribution in [3.05, 3.63) is 31.3 Å². The number of nitrogens with zero attached hydrogens (tertiary/aromatic N) is 2. The van der Waals surface area contributed by atoms with Crippen molar-refractivity contribution >= 4 is 43.5 Å². The highest BCUT2D eigenvalue weighted by molar-refractivity contribution is 9.09. The van der Waals surface area contributed by atoms with E-state index in [0.717, 1.165) is 4.88 Å². The van der Waals surface area contributed by atoms with E-state index in [1.165, 1.54) is 23.0 Å². The summed E-state index contributed by atoms with van der Waals surface area (Å²) in [7, 11) is 1.29. The zero-order valence-electron chi connectivity index (χ0n) is 13.5. The maximum Gasteiger partial charge on any atom is 0.339 e. The second kappa shape index (κ2) is 7.00. The first-order valence-electron chi connectivity index (χ1n) is 7.33. The maximum absolute atomic E-state index is 12.8. The maximum atomic E-state index is 12.8. The van der Waals surface area contributed by atoms with E-state index in [1.54, 1.807) is 11.5 Å². The van der Waals surface area contributed by atoms with Crippen LogP contribution < -0.4 is 11.2 Å². The Balaban J connectivity index is 3.07. The zero-order valence-corrected chi connectivity index (χ0v) is 15.9. The Kier molecular flexibility index (Phi) is 5.46. The van der Waals surface area contributed by atoms with E-state index in [2.05, 4.69) is 15.9 Å². The number of aromatic nitrogens is 2. The third-order valence-corrected chi connectivity index (χ3v) is 5.27. The topological polar surface area (TPSA) is 70.3 Å². The van der Waals surface area contributed by atoms with Gasteiger partial charge in [-0.15, -0.1) is 11.3 Å². The van der Waals surface area contributed by atoms with Crippen LogP contribution in [0.3, 0.4) is 0 Å². The second-order valence-corrected chi connectivity index (χ2v) is 7.18. The van der Waals surface area contributed by atoms with Crippen LogP contribution in [0.25, 0.3) is 10.2 Å². The number of ether oxygens (including phenoxy) is 1. The largest absolute Gasteiger partial charge is 0.465 e. The van der Waals surface area contributed by atoms with Gasteiger partial charge in [0.2, 0.25) is 0 Å². The predicted octanol–water partition coefficient (Wildman–Crippen LogP) is 2.55. The summed E-state index contributed by atoms with van der Waals surface area (Å²) < 4.78 is 7.61. The molecule has 0 saturated heterocycles. The van der Waals surface area contributed by atoms with Gasteiger partial charge in [-0.25, -0.2) is 9.59 Å². The van der Waals surface area contributed by atoms with Gasteiger partial charge in [-0.1, -0.05) is 15.9 Å². The average Bonchev–Trinajstić information content (AvgIpc) is 2.86. The third-order valence-electron chi connectivity index (χ3n) is 3.62. The van der Waals surface area contributed by atoms with Crippen molar-refractivity contribution in [2.75, 3.05) is 12.4 Å². The van der Waals surface area contributed by atoms with Gasteiger partial charge >= 0.3 is 11.7 Å². The Morgan fingerprint density at radius 1 is 1.35 bits per heavy atom. The van der Waals surface area contributed by atoms with E-state index in [1.807, 2.05) is 13.8 Å². The van der Waals surface area contributed by atoms with Gasteiger partial charge in [0.1, 0.15) is 4.83 Å². The number of rotatable bonds is 5. The lowest BCUT2D eigenvalue weighted by atomic mass is 10.1. The summed E-state index contributed by atoms with van der Waals surface area (Å²) in [6, 6.07) is -0.121. The van der Waals surface area contributed by atoms with Crippen molar-refractivity contribution in [1.82, 2.24) is 9.13 Å². The van der Waals surface area contributed by atoms with Crippen molar-refractivity contribution < 1.29 is 9.53 Å². The van der Waals surface area contributed by atoms with Gasteiger partial charge in [0.05, 0.1) is 18.1 Å². The standard InChI is InChI=1S/C15H19BrN2O4S/c1-5-17-12(19)11-10(14(20)22-4)9(6-7-16)23-13(11)18(8(2)3)15(17)21/h8H,5-7H2,1-4H3. The molecule has 0 unspecified atom stereocenters. The summed E-state index contributed by atoms with van der Waals surface area (Å²) >= 11 is 4.67. The summed E-state index contributed by atoms with van der Waals surface area (Å²) in [4.78, 5) is 38.9. The first-order chi connectivity index (χ1) is 10.9. The fourth-order valence-electron chi connectivity index (χ4n) is 2.59. The summed E-state index contributed by atoms with van der Waals surface area (Å²) in [5, 5.41) is 0.936. The molecule has 2 aromatic rings. The fraction of sp³-hybridized carbons (Fsp3) is 0.533. The first-order valence-corrected chi connectivity index (χ1v) is 9.27. The van der Waals surface area contributed by atoms with Gasteiger partial charge in [-0.3, -0.25) is 13.9 Å². The number of alkyl halides is 1. The number of halogens is 1. The number of fused-ring (bicyclic) bond motifs is 1. The first kappa shape index (κ1) is 17.9. The molecule has 23 heavy (non-hydrogen) atoms. The van der Waals surface area contributed by atoms with Crippen molar-refractivity contribution in [3.63, 3.8) is 0 Å². The molecule has 0 bridgehead atoms. The van der Waals surface area contributed by atoms with Crippen molar-refractivity contribution in [2.45, 2.75) is 39.8 Å². The highest BCUT2D eigenvalue weighted by Gasteiger charge is 2.26. The molecule has 0 radical (unpaired) electrons. The lowest BCUT2D eigenvalue weighted by Gasteiger charge is -2.13. The normalized spacial score (nSPS) is 11.4. The molecule has 0 amide bonds. The quantitative estimate of drug-likeness (QED) is 0.568. The molecule has 2 heterocycles. The number of hydrogen-bond donors (Lipinski definition) is 0. The molecule has 0 aliphatic rings. The minimum absolute atomic E-state index is 0.121. The lowest BCUT2D eigenvalue weighted by molar-refractivity contribution is 0.0602.